The van der Waals surface area contributed by atoms with Gasteiger partial charge in [0.05, 0.1) is 0 Å². The molecule has 2 nitrogen and oxygen atoms in total. The molecule has 1 unspecified atom stereocenters. The maximum Gasteiger partial charge on any atom is 0.0456 e. The van der Waals surface area contributed by atoms with Crippen molar-refractivity contribution in [3.8, 4) is 0 Å². The average Bonchev–Trinajstić information content (AvgIpc) is 2.69. The standard InChI is InChI=1S/C13H18N2/c1-2-3-7-11(14)13-9-10-6-4-5-8-12(10)15-13/h4-6,8-9,11,15H,2-3,7,14H2,1H3. The Bertz CT molecular complexity index is 398. The van der Waals surface area contributed by atoms with Crippen LogP contribution in [0.1, 0.15) is 37.9 Å². The Balaban J connectivity index is 2.20. The van der Waals surface area contributed by atoms with Crippen LogP contribution in [-0.4, -0.2) is 4.98 Å². The van der Waals surface area contributed by atoms with Crippen LogP contribution < -0.4 is 5.73 Å². The molecule has 0 radical (unpaired) electrons. The van der Waals surface area contributed by atoms with E-state index in [2.05, 4.69) is 36.2 Å². The third-order valence-corrected chi connectivity index (χ3v) is 2.82. The van der Waals surface area contributed by atoms with Gasteiger partial charge in [-0.3, -0.25) is 0 Å². The zero-order chi connectivity index (χ0) is 10.7. The average molecular weight is 202 g/mol. The van der Waals surface area contributed by atoms with Gasteiger partial charge in [0.15, 0.2) is 0 Å². The van der Waals surface area contributed by atoms with Crippen LogP contribution in [0.2, 0.25) is 0 Å². The van der Waals surface area contributed by atoms with Gasteiger partial charge in [-0.25, -0.2) is 0 Å². The van der Waals surface area contributed by atoms with Gasteiger partial charge in [0, 0.05) is 17.3 Å². The summed E-state index contributed by atoms with van der Waals surface area (Å²) in [5.41, 5.74) is 8.45. The third kappa shape index (κ3) is 2.21. The minimum atomic E-state index is 0.150. The Morgan fingerprint density at radius 3 is 2.87 bits per heavy atom. The number of H-pyrrole nitrogens is 1. The summed E-state index contributed by atoms with van der Waals surface area (Å²) < 4.78 is 0. The topological polar surface area (TPSA) is 41.8 Å². The van der Waals surface area contributed by atoms with Crippen molar-refractivity contribution in [3.63, 3.8) is 0 Å². The largest absolute Gasteiger partial charge is 0.357 e. The van der Waals surface area contributed by atoms with Crippen molar-refractivity contribution < 1.29 is 0 Å². The molecule has 1 aromatic heterocycles. The number of unbranched alkanes of at least 4 members (excludes halogenated alkanes) is 1. The summed E-state index contributed by atoms with van der Waals surface area (Å²) in [6.07, 6.45) is 3.45. The first-order valence-corrected chi connectivity index (χ1v) is 5.64. The normalized spacial score (nSPS) is 13.2. The van der Waals surface area contributed by atoms with Gasteiger partial charge in [-0.05, 0) is 23.9 Å². The van der Waals surface area contributed by atoms with Crippen LogP contribution in [0.3, 0.4) is 0 Å². The molecule has 2 aromatic rings. The van der Waals surface area contributed by atoms with Gasteiger partial charge >= 0.3 is 0 Å². The number of fused-ring (bicyclic) bond motifs is 1. The van der Waals surface area contributed by atoms with E-state index >= 15 is 0 Å². The zero-order valence-electron chi connectivity index (χ0n) is 9.16. The number of benzene rings is 1. The summed E-state index contributed by atoms with van der Waals surface area (Å²) in [5.74, 6) is 0. The maximum absolute atomic E-state index is 6.11. The van der Waals surface area contributed by atoms with Crippen molar-refractivity contribution in [2.45, 2.75) is 32.2 Å². The fraction of sp³-hybridized carbons (Fsp3) is 0.385. The molecule has 0 aliphatic rings. The Labute approximate surface area is 90.5 Å². The first-order chi connectivity index (χ1) is 7.31. The highest BCUT2D eigenvalue weighted by atomic mass is 14.8. The molecule has 1 heterocycles. The number of rotatable bonds is 4. The minimum absolute atomic E-state index is 0.150. The number of aromatic amines is 1. The van der Waals surface area contributed by atoms with Crippen LogP contribution in [-0.2, 0) is 0 Å². The number of para-hydroxylation sites is 1. The van der Waals surface area contributed by atoms with E-state index < -0.39 is 0 Å². The van der Waals surface area contributed by atoms with E-state index in [9.17, 15) is 0 Å². The lowest BCUT2D eigenvalue weighted by Gasteiger charge is -2.07. The van der Waals surface area contributed by atoms with E-state index in [1.165, 1.54) is 23.7 Å². The number of hydrogen-bond donors (Lipinski definition) is 2. The first kappa shape index (κ1) is 10.2. The molecule has 2 rings (SSSR count). The van der Waals surface area contributed by atoms with Crippen LogP contribution in [0.4, 0.5) is 0 Å². The van der Waals surface area contributed by atoms with E-state index in [1.807, 2.05) is 6.07 Å². The van der Waals surface area contributed by atoms with E-state index in [1.54, 1.807) is 0 Å². The molecular weight excluding hydrogens is 184 g/mol. The van der Waals surface area contributed by atoms with Crippen molar-refractivity contribution in [3.05, 3.63) is 36.0 Å². The van der Waals surface area contributed by atoms with Gasteiger partial charge < -0.3 is 10.7 Å². The molecule has 2 heteroatoms. The molecule has 0 fully saturated rings. The molecule has 1 aromatic carbocycles. The summed E-state index contributed by atoms with van der Waals surface area (Å²) in [7, 11) is 0. The predicted molar refractivity (Wildman–Crippen MR) is 64.8 cm³/mol. The second kappa shape index (κ2) is 4.49. The van der Waals surface area contributed by atoms with Crippen molar-refractivity contribution in [1.82, 2.24) is 4.98 Å². The molecule has 0 aliphatic heterocycles. The molecule has 0 aliphatic carbocycles. The Morgan fingerprint density at radius 1 is 1.33 bits per heavy atom. The van der Waals surface area contributed by atoms with Crippen molar-refractivity contribution >= 4 is 10.9 Å². The van der Waals surface area contributed by atoms with Crippen LogP contribution >= 0.6 is 0 Å². The van der Waals surface area contributed by atoms with Gasteiger partial charge in [-0.15, -0.1) is 0 Å². The predicted octanol–water partition coefficient (Wildman–Crippen LogP) is 3.36. The zero-order valence-corrected chi connectivity index (χ0v) is 9.16. The highest BCUT2D eigenvalue weighted by Crippen LogP contribution is 2.21. The number of nitrogens with one attached hydrogen (secondary N) is 1. The van der Waals surface area contributed by atoms with E-state index in [0.717, 1.165) is 12.1 Å². The quantitative estimate of drug-likeness (QED) is 0.784. The molecule has 80 valence electrons. The summed E-state index contributed by atoms with van der Waals surface area (Å²) in [4.78, 5) is 3.38. The van der Waals surface area contributed by atoms with Crippen LogP contribution in [0.5, 0.6) is 0 Å². The Kier molecular flexibility index (Phi) is 3.07. The second-order valence-electron chi connectivity index (χ2n) is 4.06. The van der Waals surface area contributed by atoms with Crippen LogP contribution in [0, 0.1) is 0 Å². The second-order valence-corrected chi connectivity index (χ2v) is 4.06. The molecule has 0 saturated carbocycles. The Morgan fingerprint density at radius 2 is 2.13 bits per heavy atom. The van der Waals surface area contributed by atoms with Gasteiger partial charge in [-0.1, -0.05) is 38.0 Å². The molecule has 3 N–H and O–H groups in total. The van der Waals surface area contributed by atoms with E-state index in [-0.39, 0.29) is 6.04 Å². The van der Waals surface area contributed by atoms with E-state index in [0.29, 0.717) is 0 Å². The summed E-state index contributed by atoms with van der Waals surface area (Å²) in [6, 6.07) is 10.6. The van der Waals surface area contributed by atoms with Gasteiger partial charge in [0.2, 0.25) is 0 Å². The van der Waals surface area contributed by atoms with Crippen LogP contribution in [0.25, 0.3) is 10.9 Å². The summed E-state index contributed by atoms with van der Waals surface area (Å²) in [6.45, 7) is 2.19. The lowest BCUT2D eigenvalue weighted by molar-refractivity contribution is 0.594. The lowest BCUT2D eigenvalue weighted by atomic mass is 10.1. The Hall–Kier alpha value is -1.28. The van der Waals surface area contributed by atoms with Crippen molar-refractivity contribution in [2.75, 3.05) is 0 Å². The SMILES string of the molecule is CCCCC(N)c1cc2ccccc2[nH]1. The molecule has 0 saturated heterocycles. The molecule has 15 heavy (non-hydrogen) atoms. The highest BCUT2D eigenvalue weighted by Gasteiger charge is 2.08. The van der Waals surface area contributed by atoms with Gasteiger partial charge in [-0.2, -0.15) is 0 Å². The number of aromatic nitrogens is 1. The smallest absolute Gasteiger partial charge is 0.0456 e. The van der Waals surface area contributed by atoms with Crippen LogP contribution in [0.15, 0.2) is 30.3 Å². The molecular formula is C13H18N2. The maximum atomic E-state index is 6.11. The monoisotopic (exact) mass is 202 g/mol. The molecule has 0 amide bonds. The summed E-state index contributed by atoms with van der Waals surface area (Å²) >= 11 is 0. The van der Waals surface area contributed by atoms with Gasteiger partial charge in [0.25, 0.3) is 0 Å². The minimum Gasteiger partial charge on any atom is -0.357 e. The fourth-order valence-corrected chi connectivity index (χ4v) is 1.88. The summed E-state index contributed by atoms with van der Waals surface area (Å²) in [5, 5.41) is 1.25. The molecule has 0 bridgehead atoms. The number of hydrogen-bond acceptors (Lipinski definition) is 1. The van der Waals surface area contributed by atoms with E-state index in [4.69, 9.17) is 5.73 Å². The fourth-order valence-electron chi connectivity index (χ4n) is 1.88. The highest BCUT2D eigenvalue weighted by molar-refractivity contribution is 5.80. The van der Waals surface area contributed by atoms with Crippen molar-refractivity contribution in [2.24, 2.45) is 5.73 Å². The van der Waals surface area contributed by atoms with Gasteiger partial charge in [0.1, 0.15) is 0 Å². The third-order valence-electron chi connectivity index (χ3n) is 2.82. The molecule has 1 atom stereocenters. The molecule has 0 spiro atoms. The lowest BCUT2D eigenvalue weighted by Crippen LogP contribution is -2.10. The number of nitrogens with two attached hydrogens (primary N) is 1. The van der Waals surface area contributed by atoms with Crippen molar-refractivity contribution in [1.29, 1.82) is 0 Å². The first-order valence-electron chi connectivity index (χ1n) is 5.64.